The maximum atomic E-state index is 11.8. The van der Waals surface area contributed by atoms with Crippen molar-refractivity contribution in [3.05, 3.63) is 0 Å². The van der Waals surface area contributed by atoms with Gasteiger partial charge in [-0.3, -0.25) is 4.84 Å². The molecule has 0 aromatic rings. The third-order valence-corrected chi connectivity index (χ3v) is 3.50. The molecular formula is C11H17F3N2O3. The standard InChI is InChI=1S/C11H17F3N2O3/c12-11(13,14)6-19-16-10(17)15-8-2-1-3-9-7(8)4-5-18-9/h7-9H,1-6H2,(H2,15,16,17). The summed E-state index contributed by atoms with van der Waals surface area (Å²) in [6, 6.07) is -0.794. The molecule has 110 valence electrons. The van der Waals surface area contributed by atoms with Crippen LogP contribution in [0.4, 0.5) is 18.0 Å². The summed E-state index contributed by atoms with van der Waals surface area (Å²) >= 11 is 0. The van der Waals surface area contributed by atoms with Gasteiger partial charge in [0.05, 0.1) is 6.10 Å². The number of urea groups is 1. The van der Waals surface area contributed by atoms with Crippen LogP contribution in [0.3, 0.4) is 0 Å². The minimum absolute atomic E-state index is 0.0595. The summed E-state index contributed by atoms with van der Waals surface area (Å²) < 4.78 is 41.0. The lowest BCUT2D eigenvalue weighted by molar-refractivity contribution is -0.184. The predicted octanol–water partition coefficient (Wildman–Crippen LogP) is 1.74. The van der Waals surface area contributed by atoms with E-state index < -0.39 is 18.8 Å². The largest absolute Gasteiger partial charge is 0.414 e. The molecule has 1 saturated carbocycles. The minimum atomic E-state index is -4.46. The van der Waals surface area contributed by atoms with Gasteiger partial charge in [0.1, 0.15) is 0 Å². The number of hydrogen-bond acceptors (Lipinski definition) is 3. The highest BCUT2D eigenvalue weighted by Crippen LogP contribution is 2.34. The Morgan fingerprint density at radius 3 is 2.84 bits per heavy atom. The first-order valence-corrected chi connectivity index (χ1v) is 6.32. The Hall–Kier alpha value is -1.02. The molecule has 0 aromatic heterocycles. The molecule has 8 heteroatoms. The van der Waals surface area contributed by atoms with E-state index in [1.165, 1.54) is 0 Å². The number of rotatable bonds is 3. The highest BCUT2D eigenvalue weighted by molar-refractivity contribution is 5.73. The molecule has 5 nitrogen and oxygen atoms in total. The Labute approximate surface area is 108 Å². The van der Waals surface area contributed by atoms with Crippen molar-refractivity contribution in [3.8, 4) is 0 Å². The quantitative estimate of drug-likeness (QED) is 0.775. The lowest BCUT2D eigenvalue weighted by Crippen LogP contribution is -2.49. The maximum absolute atomic E-state index is 11.8. The van der Waals surface area contributed by atoms with Crippen LogP contribution in [0.15, 0.2) is 0 Å². The normalized spacial score (nSPS) is 30.8. The molecule has 0 spiro atoms. The fourth-order valence-corrected chi connectivity index (χ4v) is 2.74. The van der Waals surface area contributed by atoms with Gasteiger partial charge in [0.25, 0.3) is 0 Å². The first-order chi connectivity index (χ1) is 8.96. The van der Waals surface area contributed by atoms with Crippen LogP contribution >= 0.6 is 0 Å². The second kappa shape index (κ2) is 5.96. The van der Waals surface area contributed by atoms with Gasteiger partial charge in [-0.05, 0) is 25.7 Å². The highest BCUT2D eigenvalue weighted by Gasteiger charge is 2.38. The topological polar surface area (TPSA) is 59.6 Å². The number of nitrogens with one attached hydrogen (secondary N) is 2. The number of halogens is 3. The van der Waals surface area contributed by atoms with Crippen molar-refractivity contribution in [1.29, 1.82) is 0 Å². The van der Waals surface area contributed by atoms with E-state index >= 15 is 0 Å². The molecule has 2 N–H and O–H groups in total. The highest BCUT2D eigenvalue weighted by atomic mass is 19.4. The summed E-state index contributed by atoms with van der Waals surface area (Å²) in [5.41, 5.74) is 1.76. The molecule has 2 aliphatic rings. The summed E-state index contributed by atoms with van der Waals surface area (Å²) in [6.07, 6.45) is -0.682. The number of alkyl halides is 3. The SMILES string of the molecule is O=C(NOCC(F)(F)F)NC1CCCC2OCCC12. The molecule has 3 unspecified atom stereocenters. The van der Waals surface area contributed by atoms with Crippen LogP contribution in [0.5, 0.6) is 0 Å². The maximum Gasteiger partial charge on any atom is 0.414 e. The van der Waals surface area contributed by atoms with Crippen LogP contribution in [-0.4, -0.2) is 37.6 Å². The van der Waals surface area contributed by atoms with Crippen molar-refractivity contribution >= 4 is 6.03 Å². The van der Waals surface area contributed by atoms with Gasteiger partial charge in [0.2, 0.25) is 0 Å². The Bertz CT molecular complexity index is 325. The first-order valence-electron chi connectivity index (χ1n) is 6.32. The third-order valence-electron chi connectivity index (χ3n) is 3.50. The molecule has 2 amide bonds. The number of carbonyl (C=O) groups is 1. The summed E-state index contributed by atoms with van der Waals surface area (Å²) in [5, 5.41) is 2.65. The molecule has 1 aliphatic heterocycles. The molecule has 3 atom stereocenters. The molecule has 2 rings (SSSR count). The molecule has 2 fully saturated rings. The van der Waals surface area contributed by atoms with E-state index in [9.17, 15) is 18.0 Å². The predicted molar refractivity (Wildman–Crippen MR) is 59.2 cm³/mol. The summed E-state index contributed by atoms with van der Waals surface area (Å²) in [6.45, 7) is -0.819. The first kappa shape index (κ1) is 14.4. The van der Waals surface area contributed by atoms with E-state index in [0.29, 0.717) is 6.61 Å². The third kappa shape index (κ3) is 4.24. The smallest absolute Gasteiger partial charge is 0.378 e. The second-order valence-electron chi connectivity index (χ2n) is 4.88. The summed E-state index contributed by atoms with van der Waals surface area (Å²) in [4.78, 5) is 15.5. The van der Waals surface area contributed by atoms with E-state index in [4.69, 9.17) is 4.74 Å². The van der Waals surface area contributed by atoms with E-state index in [1.807, 2.05) is 0 Å². The minimum Gasteiger partial charge on any atom is -0.378 e. The number of amides is 2. The van der Waals surface area contributed by atoms with Crippen LogP contribution in [-0.2, 0) is 9.57 Å². The van der Waals surface area contributed by atoms with Gasteiger partial charge >= 0.3 is 12.2 Å². The zero-order chi connectivity index (χ0) is 13.9. The summed E-state index contributed by atoms with van der Waals surface area (Å²) in [7, 11) is 0. The van der Waals surface area contributed by atoms with Crippen LogP contribution in [0.2, 0.25) is 0 Å². The Balaban J connectivity index is 1.72. The van der Waals surface area contributed by atoms with Crippen LogP contribution in [0.1, 0.15) is 25.7 Å². The lowest BCUT2D eigenvalue weighted by Gasteiger charge is -2.33. The van der Waals surface area contributed by atoms with Crippen molar-refractivity contribution < 1.29 is 27.5 Å². The van der Waals surface area contributed by atoms with E-state index in [0.717, 1.165) is 25.7 Å². The van der Waals surface area contributed by atoms with Crippen molar-refractivity contribution in [1.82, 2.24) is 10.8 Å². The average Bonchev–Trinajstić information content (AvgIpc) is 2.76. The number of hydroxylamine groups is 1. The van der Waals surface area contributed by atoms with Crippen molar-refractivity contribution in [2.24, 2.45) is 5.92 Å². The number of fused-ring (bicyclic) bond motifs is 1. The van der Waals surface area contributed by atoms with Gasteiger partial charge in [-0.2, -0.15) is 13.2 Å². The number of hydrogen-bond donors (Lipinski definition) is 2. The monoisotopic (exact) mass is 282 g/mol. The Morgan fingerprint density at radius 2 is 2.11 bits per heavy atom. The van der Waals surface area contributed by atoms with Gasteiger partial charge in [0.15, 0.2) is 6.61 Å². The van der Waals surface area contributed by atoms with Gasteiger partial charge in [-0.25, -0.2) is 10.3 Å². The van der Waals surface area contributed by atoms with Gasteiger partial charge in [-0.1, -0.05) is 0 Å². The molecule has 0 aromatic carbocycles. The van der Waals surface area contributed by atoms with Gasteiger partial charge in [0, 0.05) is 18.6 Å². The van der Waals surface area contributed by atoms with Crippen molar-refractivity contribution in [3.63, 3.8) is 0 Å². The fraction of sp³-hybridized carbons (Fsp3) is 0.909. The van der Waals surface area contributed by atoms with Crippen LogP contribution < -0.4 is 10.8 Å². The zero-order valence-corrected chi connectivity index (χ0v) is 10.3. The number of carbonyl (C=O) groups excluding carboxylic acids is 1. The second-order valence-corrected chi connectivity index (χ2v) is 4.88. The van der Waals surface area contributed by atoms with Crippen LogP contribution in [0, 0.1) is 5.92 Å². The Morgan fingerprint density at radius 1 is 1.32 bits per heavy atom. The molecule has 19 heavy (non-hydrogen) atoms. The molecule has 1 saturated heterocycles. The van der Waals surface area contributed by atoms with E-state index in [1.54, 1.807) is 5.48 Å². The van der Waals surface area contributed by atoms with Crippen molar-refractivity contribution in [2.75, 3.05) is 13.2 Å². The number of ether oxygens (including phenoxy) is 1. The molecule has 0 bridgehead atoms. The fourth-order valence-electron chi connectivity index (χ4n) is 2.74. The molecule has 1 aliphatic carbocycles. The molecule has 1 heterocycles. The zero-order valence-electron chi connectivity index (χ0n) is 10.3. The average molecular weight is 282 g/mol. The Kier molecular flexibility index (Phi) is 4.51. The summed E-state index contributed by atoms with van der Waals surface area (Å²) in [5.74, 6) is 0.252. The molecule has 0 radical (unpaired) electrons. The van der Waals surface area contributed by atoms with Crippen molar-refractivity contribution in [2.45, 2.75) is 44.0 Å². The van der Waals surface area contributed by atoms with Gasteiger partial charge in [-0.15, -0.1) is 0 Å². The molecular weight excluding hydrogens is 265 g/mol. The van der Waals surface area contributed by atoms with Gasteiger partial charge < -0.3 is 10.1 Å². The van der Waals surface area contributed by atoms with E-state index in [2.05, 4.69) is 10.2 Å². The van der Waals surface area contributed by atoms with E-state index in [-0.39, 0.29) is 18.1 Å². The lowest BCUT2D eigenvalue weighted by atomic mass is 9.82. The van der Waals surface area contributed by atoms with Crippen LogP contribution in [0.25, 0.3) is 0 Å².